The van der Waals surface area contributed by atoms with E-state index in [1.807, 2.05) is 0 Å². The number of nitrogens with one attached hydrogen (secondary N) is 2. The molecule has 10 heteroatoms. The molecule has 0 saturated carbocycles. The van der Waals surface area contributed by atoms with Crippen molar-refractivity contribution >= 4 is 29.9 Å². The maximum absolute atomic E-state index is 13.0. The van der Waals surface area contributed by atoms with Crippen LogP contribution in [0.4, 0.5) is 17.6 Å². The van der Waals surface area contributed by atoms with Crippen molar-refractivity contribution in [2.75, 3.05) is 46.8 Å². The zero-order valence-corrected chi connectivity index (χ0v) is 19.1. The summed E-state index contributed by atoms with van der Waals surface area (Å²) < 4.78 is 50.0. The van der Waals surface area contributed by atoms with E-state index in [9.17, 15) is 17.6 Å². The van der Waals surface area contributed by atoms with Gasteiger partial charge < -0.3 is 10.6 Å². The van der Waals surface area contributed by atoms with E-state index in [-0.39, 0.29) is 42.4 Å². The second-order valence-electron chi connectivity index (χ2n) is 7.17. The summed E-state index contributed by atoms with van der Waals surface area (Å²) in [5.74, 6) is 0.382. The molecule has 166 valence electrons. The Morgan fingerprint density at radius 2 is 1.83 bits per heavy atom. The molecule has 0 aromatic heterocycles. The summed E-state index contributed by atoms with van der Waals surface area (Å²) >= 11 is 0. The fraction of sp³-hybridized carbons (Fsp3) is 0.632. The van der Waals surface area contributed by atoms with Gasteiger partial charge in [-0.05, 0) is 37.6 Å². The smallest absolute Gasteiger partial charge is 0.355 e. The van der Waals surface area contributed by atoms with Gasteiger partial charge in [-0.3, -0.25) is 14.8 Å². The molecule has 1 heterocycles. The first-order chi connectivity index (χ1) is 13.2. The van der Waals surface area contributed by atoms with E-state index in [0.29, 0.717) is 12.5 Å². The molecule has 2 N–H and O–H groups in total. The van der Waals surface area contributed by atoms with Crippen LogP contribution < -0.4 is 10.6 Å². The standard InChI is InChI=1S/C19H29F4N5.HI/c1-24-18(25-9-12-27(2)14-19(21,22)23)26-17-7-10-28(11-8-17)13-15-3-5-16(20)6-4-15;/h3-6,17H,7-14H2,1-2H3,(H2,24,25,26);1H. The van der Waals surface area contributed by atoms with E-state index >= 15 is 0 Å². The molecule has 1 aliphatic rings. The minimum Gasteiger partial charge on any atom is -0.355 e. The summed E-state index contributed by atoms with van der Waals surface area (Å²) in [6.45, 7) is 2.37. The van der Waals surface area contributed by atoms with Crippen LogP contribution in [0.25, 0.3) is 0 Å². The molecule has 1 aliphatic heterocycles. The SMILES string of the molecule is CN=C(NCCN(C)CC(F)(F)F)NC1CCN(Cc2ccc(F)cc2)CC1.I. The molecule has 0 unspecified atom stereocenters. The summed E-state index contributed by atoms with van der Waals surface area (Å²) in [5.41, 5.74) is 1.09. The molecule has 1 aromatic rings. The van der Waals surface area contributed by atoms with Crippen LogP contribution >= 0.6 is 24.0 Å². The molecule has 0 radical (unpaired) electrons. The predicted molar refractivity (Wildman–Crippen MR) is 118 cm³/mol. The van der Waals surface area contributed by atoms with Crippen LogP contribution in [0.3, 0.4) is 0 Å². The molecule has 0 aliphatic carbocycles. The Hall–Kier alpha value is -1.14. The van der Waals surface area contributed by atoms with Gasteiger partial charge in [0.15, 0.2) is 5.96 Å². The third-order valence-corrected chi connectivity index (χ3v) is 4.71. The minimum atomic E-state index is -4.18. The number of alkyl halides is 3. The fourth-order valence-electron chi connectivity index (χ4n) is 3.22. The summed E-state index contributed by atoms with van der Waals surface area (Å²) in [5, 5.41) is 6.41. The van der Waals surface area contributed by atoms with Crippen molar-refractivity contribution in [3.05, 3.63) is 35.6 Å². The first-order valence-electron chi connectivity index (χ1n) is 9.44. The zero-order chi connectivity index (χ0) is 20.6. The van der Waals surface area contributed by atoms with Gasteiger partial charge in [-0.1, -0.05) is 12.1 Å². The number of halogens is 5. The monoisotopic (exact) mass is 531 g/mol. The van der Waals surface area contributed by atoms with Crippen LogP contribution in [0.1, 0.15) is 18.4 Å². The average Bonchev–Trinajstić information content (AvgIpc) is 2.63. The summed E-state index contributed by atoms with van der Waals surface area (Å²) in [7, 11) is 3.10. The number of likely N-dealkylation sites (N-methyl/N-ethyl adjacent to an activating group) is 1. The lowest BCUT2D eigenvalue weighted by Gasteiger charge is -2.33. The third-order valence-electron chi connectivity index (χ3n) is 4.71. The molecule has 5 nitrogen and oxygen atoms in total. The summed E-state index contributed by atoms with van der Waals surface area (Å²) in [4.78, 5) is 7.71. The topological polar surface area (TPSA) is 42.9 Å². The van der Waals surface area contributed by atoms with Crippen molar-refractivity contribution in [1.29, 1.82) is 0 Å². The molecular weight excluding hydrogens is 501 g/mol. The maximum atomic E-state index is 13.0. The number of aliphatic imine (C=N–C) groups is 1. The second kappa shape index (κ2) is 12.5. The Balaban J connectivity index is 0.00000420. The van der Waals surface area contributed by atoms with Gasteiger partial charge in [0.2, 0.25) is 0 Å². The first-order valence-corrected chi connectivity index (χ1v) is 9.44. The molecule has 0 atom stereocenters. The predicted octanol–water partition coefficient (Wildman–Crippen LogP) is 3.07. The Morgan fingerprint density at radius 3 is 2.38 bits per heavy atom. The molecule has 0 spiro atoms. The number of likely N-dealkylation sites (tertiary alicyclic amines) is 1. The highest BCUT2D eigenvalue weighted by atomic mass is 127. The van der Waals surface area contributed by atoms with Gasteiger partial charge in [-0.15, -0.1) is 24.0 Å². The van der Waals surface area contributed by atoms with Crippen LogP contribution in [0.2, 0.25) is 0 Å². The lowest BCUT2D eigenvalue weighted by atomic mass is 10.0. The van der Waals surface area contributed by atoms with E-state index in [1.165, 1.54) is 24.1 Å². The highest BCUT2D eigenvalue weighted by Gasteiger charge is 2.28. The fourth-order valence-corrected chi connectivity index (χ4v) is 3.22. The number of hydrogen-bond donors (Lipinski definition) is 2. The molecule has 1 saturated heterocycles. The van der Waals surface area contributed by atoms with Gasteiger partial charge in [0.05, 0.1) is 6.54 Å². The highest BCUT2D eigenvalue weighted by molar-refractivity contribution is 14.0. The Labute approximate surface area is 186 Å². The summed E-state index contributed by atoms with van der Waals surface area (Å²) in [6, 6.07) is 6.84. The van der Waals surface area contributed by atoms with Gasteiger partial charge in [-0.2, -0.15) is 13.2 Å². The summed E-state index contributed by atoms with van der Waals surface area (Å²) in [6.07, 6.45) is -2.30. The van der Waals surface area contributed by atoms with Crippen LogP contribution in [0, 0.1) is 5.82 Å². The van der Waals surface area contributed by atoms with Crippen LogP contribution in [0.5, 0.6) is 0 Å². The third kappa shape index (κ3) is 10.4. The second-order valence-corrected chi connectivity index (χ2v) is 7.17. The zero-order valence-electron chi connectivity index (χ0n) is 16.8. The lowest BCUT2D eigenvalue weighted by molar-refractivity contribution is -0.142. The molecule has 0 bridgehead atoms. The Kier molecular flexibility index (Phi) is 11.2. The van der Waals surface area contributed by atoms with Crippen LogP contribution in [-0.4, -0.2) is 74.8 Å². The number of rotatable bonds is 7. The van der Waals surface area contributed by atoms with E-state index in [4.69, 9.17) is 0 Å². The molecule has 2 rings (SSSR count). The van der Waals surface area contributed by atoms with Gasteiger partial charge >= 0.3 is 6.18 Å². The van der Waals surface area contributed by atoms with Crippen molar-refractivity contribution < 1.29 is 17.6 Å². The van der Waals surface area contributed by atoms with Crippen molar-refractivity contribution in [1.82, 2.24) is 20.4 Å². The largest absolute Gasteiger partial charge is 0.401 e. The van der Waals surface area contributed by atoms with E-state index in [1.54, 1.807) is 19.2 Å². The van der Waals surface area contributed by atoms with Crippen molar-refractivity contribution in [2.24, 2.45) is 4.99 Å². The quantitative estimate of drug-likeness (QED) is 0.246. The highest BCUT2D eigenvalue weighted by Crippen LogP contribution is 2.15. The van der Waals surface area contributed by atoms with Gasteiger partial charge in [0, 0.05) is 45.8 Å². The van der Waals surface area contributed by atoms with Gasteiger partial charge in [-0.25, -0.2) is 4.39 Å². The number of hydrogen-bond acceptors (Lipinski definition) is 3. The average molecular weight is 531 g/mol. The number of guanidine groups is 1. The Bertz CT molecular complexity index is 616. The number of piperidine rings is 1. The van der Waals surface area contributed by atoms with Gasteiger partial charge in [0.1, 0.15) is 5.82 Å². The molecule has 29 heavy (non-hydrogen) atoms. The van der Waals surface area contributed by atoms with Crippen LogP contribution in [-0.2, 0) is 6.54 Å². The van der Waals surface area contributed by atoms with Gasteiger partial charge in [0.25, 0.3) is 0 Å². The normalized spacial score (nSPS) is 16.6. The molecular formula is C19H30F4IN5. The van der Waals surface area contributed by atoms with E-state index < -0.39 is 12.7 Å². The number of benzene rings is 1. The maximum Gasteiger partial charge on any atom is 0.401 e. The molecule has 0 amide bonds. The van der Waals surface area contributed by atoms with E-state index in [2.05, 4.69) is 20.5 Å². The minimum absolute atomic E-state index is 0. The molecule has 1 aromatic carbocycles. The Morgan fingerprint density at radius 1 is 1.21 bits per heavy atom. The van der Waals surface area contributed by atoms with Crippen molar-refractivity contribution in [2.45, 2.75) is 31.6 Å². The number of nitrogens with zero attached hydrogens (tertiary/aromatic N) is 3. The van der Waals surface area contributed by atoms with Crippen LogP contribution in [0.15, 0.2) is 29.3 Å². The van der Waals surface area contributed by atoms with E-state index in [0.717, 1.165) is 38.0 Å². The first kappa shape index (κ1) is 25.9. The van der Waals surface area contributed by atoms with Crippen molar-refractivity contribution in [3.63, 3.8) is 0 Å². The lowest BCUT2D eigenvalue weighted by Crippen LogP contribution is -2.49. The molecule has 1 fully saturated rings. The van der Waals surface area contributed by atoms with Crippen molar-refractivity contribution in [3.8, 4) is 0 Å².